The first-order valence-corrected chi connectivity index (χ1v) is 11.3. The van der Waals surface area contributed by atoms with Gasteiger partial charge in [0.15, 0.2) is 15.8 Å². The van der Waals surface area contributed by atoms with Crippen LogP contribution < -0.4 is 15.4 Å². The molecular formula is C21H29FIN3O3S. The molecule has 0 aliphatic heterocycles. The topological polar surface area (TPSA) is 79.8 Å². The lowest BCUT2D eigenvalue weighted by Gasteiger charge is -2.15. The Labute approximate surface area is 195 Å². The lowest BCUT2D eigenvalue weighted by atomic mass is 10.3. The molecule has 0 saturated carbocycles. The fourth-order valence-electron chi connectivity index (χ4n) is 2.59. The molecule has 2 aromatic rings. The van der Waals surface area contributed by atoms with Crippen molar-refractivity contribution in [1.29, 1.82) is 0 Å². The smallest absolute Gasteiger partial charge is 0.191 e. The van der Waals surface area contributed by atoms with Gasteiger partial charge in [0.25, 0.3) is 0 Å². The number of hydrogen-bond donors (Lipinski definition) is 2. The van der Waals surface area contributed by atoms with Gasteiger partial charge in [0.1, 0.15) is 17.7 Å². The summed E-state index contributed by atoms with van der Waals surface area (Å²) in [6, 6.07) is 14.4. The molecule has 30 heavy (non-hydrogen) atoms. The zero-order valence-corrected chi connectivity index (χ0v) is 20.3. The van der Waals surface area contributed by atoms with E-state index in [1.807, 2.05) is 13.8 Å². The van der Waals surface area contributed by atoms with Gasteiger partial charge in [-0.25, -0.2) is 17.8 Å². The molecule has 0 spiro atoms. The third-order valence-electron chi connectivity index (χ3n) is 3.97. The van der Waals surface area contributed by atoms with E-state index < -0.39 is 9.84 Å². The molecule has 0 radical (unpaired) electrons. The predicted octanol–water partition coefficient (Wildman–Crippen LogP) is 3.63. The lowest BCUT2D eigenvalue weighted by molar-refractivity contribution is 0.229. The van der Waals surface area contributed by atoms with Gasteiger partial charge >= 0.3 is 0 Å². The number of nitrogens with zero attached hydrogens (tertiary/aromatic N) is 1. The Morgan fingerprint density at radius 1 is 1.13 bits per heavy atom. The number of benzene rings is 2. The second kappa shape index (κ2) is 13.4. The first-order chi connectivity index (χ1) is 13.9. The molecule has 9 heteroatoms. The molecular weight excluding hydrogens is 520 g/mol. The average molecular weight is 549 g/mol. The number of hydrogen-bond acceptors (Lipinski definition) is 4. The number of halogens is 2. The summed E-state index contributed by atoms with van der Waals surface area (Å²) in [5.74, 6) is 0.748. The van der Waals surface area contributed by atoms with Crippen molar-refractivity contribution in [3.05, 3.63) is 60.4 Å². The monoisotopic (exact) mass is 549 g/mol. The Bertz CT molecular complexity index is 895. The molecule has 0 amide bonds. The van der Waals surface area contributed by atoms with Crippen molar-refractivity contribution >= 4 is 39.8 Å². The highest BCUT2D eigenvalue weighted by Gasteiger charge is 2.13. The summed E-state index contributed by atoms with van der Waals surface area (Å²) < 4.78 is 43.5. The molecule has 0 saturated heterocycles. The fraction of sp³-hybridized carbons (Fsp3) is 0.381. The van der Waals surface area contributed by atoms with E-state index in [0.29, 0.717) is 42.7 Å². The van der Waals surface area contributed by atoms with Gasteiger partial charge in [-0.1, -0.05) is 24.3 Å². The van der Waals surface area contributed by atoms with Gasteiger partial charge in [-0.3, -0.25) is 0 Å². The first-order valence-electron chi connectivity index (χ1n) is 9.63. The zero-order chi connectivity index (χ0) is 21.1. The van der Waals surface area contributed by atoms with Crippen molar-refractivity contribution in [2.75, 3.05) is 25.4 Å². The molecule has 0 bridgehead atoms. The van der Waals surface area contributed by atoms with E-state index in [4.69, 9.17) is 4.74 Å². The Morgan fingerprint density at radius 3 is 2.53 bits per heavy atom. The molecule has 2 N–H and O–H groups in total. The molecule has 2 aromatic carbocycles. The van der Waals surface area contributed by atoms with Crippen LogP contribution >= 0.6 is 24.0 Å². The summed E-state index contributed by atoms with van der Waals surface area (Å²) in [7, 11) is -3.29. The number of nitrogens with one attached hydrogen (secondary N) is 2. The largest absolute Gasteiger partial charge is 0.489 e. The number of ether oxygens (including phenoxy) is 1. The third kappa shape index (κ3) is 9.29. The number of rotatable bonds is 10. The standard InChI is InChI=1S/C21H28FN3O3S.HI/c1-3-23-21(25-16-17(2)28-19-10-7-9-18(22)15-19)24-13-8-14-29(26,27)20-11-5-4-6-12-20;/h4-7,9-12,15,17H,3,8,13-14,16H2,1-2H3,(H2,23,24,25);1H. The summed E-state index contributed by atoms with van der Waals surface area (Å²) in [6.45, 7) is 5.31. The van der Waals surface area contributed by atoms with Crippen molar-refractivity contribution in [2.45, 2.75) is 31.3 Å². The van der Waals surface area contributed by atoms with Crippen LogP contribution in [0.3, 0.4) is 0 Å². The van der Waals surface area contributed by atoms with Gasteiger partial charge in [0.05, 0.1) is 17.2 Å². The van der Waals surface area contributed by atoms with E-state index in [0.717, 1.165) is 0 Å². The first kappa shape index (κ1) is 26.2. The Kier molecular flexibility index (Phi) is 11.7. The molecule has 0 aliphatic rings. The summed E-state index contributed by atoms with van der Waals surface area (Å²) >= 11 is 0. The van der Waals surface area contributed by atoms with E-state index in [-0.39, 0.29) is 41.7 Å². The van der Waals surface area contributed by atoms with Crippen molar-refractivity contribution in [3.63, 3.8) is 0 Å². The molecule has 6 nitrogen and oxygen atoms in total. The Morgan fingerprint density at radius 2 is 1.87 bits per heavy atom. The molecule has 1 atom stereocenters. The molecule has 1 unspecified atom stereocenters. The average Bonchev–Trinajstić information content (AvgIpc) is 2.70. The third-order valence-corrected chi connectivity index (χ3v) is 5.79. The van der Waals surface area contributed by atoms with Gasteiger partial charge in [-0.2, -0.15) is 0 Å². The molecule has 166 valence electrons. The second-order valence-corrected chi connectivity index (χ2v) is 8.63. The molecule has 2 rings (SSSR count). The van der Waals surface area contributed by atoms with Gasteiger partial charge < -0.3 is 15.4 Å². The van der Waals surface area contributed by atoms with Crippen molar-refractivity contribution in [3.8, 4) is 5.75 Å². The Hall–Kier alpha value is -1.88. The zero-order valence-electron chi connectivity index (χ0n) is 17.2. The highest BCUT2D eigenvalue weighted by Crippen LogP contribution is 2.14. The maximum absolute atomic E-state index is 13.2. The quantitative estimate of drug-likeness (QED) is 0.205. The second-order valence-electron chi connectivity index (χ2n) is 6.52. The molecule has 0 aliphatic carbocycles. The van der Waals surface area contributed by atoms with E-state index in [2.05, 4.69) is 15.6 Å². The van der Waals surface area contributed by atoms with E-state index in [9.17, 15) is 12.8 Å². The van der Waals surface area contributed by atoms with Gasteiger partial charge in [-0.15, -0.1) is 24.0 Å². The summed E-state index contributed by atoms with van der Waals surface area (Å²) in [4.78, 5) is 4.79. The van der Waals surface area contributed by atoms with Crippen LogP contribution in [0.1, 0.15) is 20.3 Å². The van der Waals surface area contributed by atoms with Crippen molar-refractivity contribution in [2.24, 2.45) is 4.99 Å². The van der Waals surface area contributed by atoms with Crippen LogP contribution in [0.5, 0.6) is 5.75 Å². The number of guanidine groups is 1. The summed E-state index contributed by atoms with van der Waals surface area (Å²) in [5, 5.41) is 6.25. The highest BCUT2D eigenvalue weighted by molar-refractivity contribution is 14.0. The van der Waals surface area contributed by atoms with Crippen LogP contribution in [0.15, 0.2) is 64.5 Å². The predicted molar refractivity (Wildman–Crippen MR) is 129 cm³/mol. The lowest BCUT2D eigenvalue weighted by Crippen LogP contribution is -2.39. The maximum atomic E-state index is 13.2. The van der Waals surface area contributed by atoms with Crippen molar-refractivity contribution in [1.82, 2.24) is 10.6 Å². The van der Waals surface area contributed by atoms with Crippen LogP contribution in [0.4, 0.5) is 4.39 Å². The molecule has 0 aromatic heterocycles. The van der Waals surface area contributed by atoms with E-state index in [1.54, 1.807) is 42.5 Å². The van der Waals surface area contributed by atoms with Gasteiger partial charge in [0.2, 0.25) is 0 Å². The normalized spacial score (nSPS) is 12.6. The van der Waals surface area contributed by atoms with Gasteiger partial charge in [-0.05, 0) is 44.5 Å². The van der Waals surface area contributed by atoms with E-state index in [1.165, 1.54) is 12.1 Å². The fourth-order valence-corrected chi connectivity index (χ4v) is 3.92. The minimum absolute atomic E-state index is 0. The van der Waals surface area contributed by atoms with Crippen LogP contribution in [0.25, 0.3) is 0 Å². The SMILES string of the molecule is CCNC(=NCC(C)Oc1cccc(F)c1)NCCCS(=O)(=O)c1ccccc1.I. The highest BCUT2D eigenvalue weighted by atomic mass is 127. The van der Waals surface area contributed by atoms with E-state index >= 15 is 0 Å². The van der Waals surface area contributed by atoms with Crippen LogP contribution in [0, 0.1) is 5.82 Å². The maximum Gasteiger partial charge on any atom is 0.191 e. The number of sulfone groups is 1. The Balaban J connectivity index is 0.00000450. The summed E-state index contributed by atoms with van der Waals surface area (Å²) in [5.41, 5.74) is 0. The molecule has 0 heterocycles. The van der Waals surface area contributed by atoms with Crippen LogP contribution in [0.2, 0.25) is 0 Å². The molecule has 0 fully saturated rings. The minimum Gasteiger partial charge on any atom is -0.489 e. The van der Waals surface area contributed by atoms with Gasteiger partial charge in [0, 0.05) is 19.2 Å². The van der Waals surface area contributed by atoms with Crippen LogP contribution in [-0.4, -0.2) is 45.9 Å². The van der Waals surface area contributed by atoms with Crippen LogP contribution in [-0.2, 0) is 9.84 Å². The summed E-state index contributed by atoms with van der Waals surface area (Å²) in [6.07, 6.45) is 0.211. The number of aliphatic imine (C=N–C) groups is 1. The van der Waals surface area contributed by atoms with Crippen molar-refractivity contribution < 1.29 is 17.5 Å². The minimum atomic E-state index is -3.29.